The van der Waals surface area contributed by atoms with E-state index < -0.39 is 5.97 Å². The first-order valence-electron chi connectivity index (χ1n) is 7.74. The highest BCUT2D eigenvalue weighted by molar-refractivity contribution is 7.99. The number of hydrogen-bond donors (Lipinski definition) is 1. The van der Waals surface area contributed by atoms with E-state index in [1.165, 1.54) is 18.9 Å². The highest BCUT2D eigenvalue weighted by atomic mass is 32.2. The molecular formula is C18H16N4O3S. The summed E-state index contributed by atoms with van der Waals surface area (Å²) in [6.45, 7) is 0. The van der Waals surface area contributed by atoms with Crippen molar-refractivity contribution >= 4 is 29.3 Å². The lowest BCUT2D eigenvalue weighted by atomic mass is 10.2. The minimum atomic E-state index is -0.418. The van der Waals surface area contributed by atoms with Gasteiger partial charge in [-0.1, -0.05) is 30.0 Å². The number of anilines is 1. The predicted molar refractivity (Wildman–Crippen MR) is 98.5 cm³/mol. The molecule has 26 heavy (non-hydrogen) atoms. The van der Waals surface area contributed by atoms with E-state index in [1.54, 1.807) is 30.6 Å². The van der Waals surface area contributed by atoms with Crippen LogP contribution >= 0.6 is 11.8 Å². The van der Waals surface area contributed by atoms with Gasteiger partial charge in [-0.15, -0.1) is 10.2 Å². The number of esters is 1. The molecule has 0 aliphatic carbocycles. The van der Waals surface area contributed by atoms with Crippen LogP contribution in [0.4, 0.5) is 5.69 Å². The number of para-hydroxylation sites is 1. The quantitative estimate of drug-likeness (QED) is 0.532. The van der Waals surface area contributed by atoms with Crippen LogP contribution in [0, 0.1) is 0 Å². The van der Waals surface area contributed by atoms with E-state index >= 15 is 0 Å². The second-order valence-corrected chi connectivity index (χ2v) is 6.17. The number of carbonyl (C=O) groups is 2. The van der Waals surface area contributed by atoms with Crippen LogP contribution in [0.1, 0.15) is 10.4 Å². The third kappa shape index (κ3) is 4.28. The second kappa shape index (κ2) is 8.30. The molecule has 7 nitrogen and oxygen atoms in total. The van der Waals surface area contributed by atoms with E-state index in [1.807, 2.05) is 34.9 Å². The Labute approximate surface area is 154 Å². The topological polar surface area (TPSA) is 86.1 Å². The zero-order chi connectivity index (χ0) is 18.4. The van der Waals surface area contributed by atoms with Gasteiger partial charge in [0.1, 0.15) is 6.33 Å². The summed E-state index contributed by atoms with van der Waals surface area (Å²) in [7, 11) is 1.32. The summed E-state index contributed by atoms with van der Waals surface area (Å²) in [5.41, 5.74) is 1.96. The Balaban J connectivity index is 1.58. The van der Waals surface area contributed by atoms with Crippen molar-refractivity contribution in [1.29, 1.82) is 0 Å². The summed E-state index contributed by atoms with van der Waals surface area (Å²) in [5.74, 6) is -0.410. The molecular weight excluding hydrogens is 352 g/mol. The van der Waals surface area contributed by atoms with Gasteiger partial charge >= 0.3 is 5.97 Å². The first-order valence-corrected chi connectivity index (χ1v) is 8.72. The van der Waals surface area contributed by atoms with E-state index in [0.717, 1.165) is 5.69 Å². The molecule has 132 valence electrons. The monoisotopic (exact) mass is 368 g/mol. The van der Waals surface area contributed by atoms with Crippen LogP contribution in [0.3, 0.4) is 0 Å². The molecule has 1 heterocycles. The summed E-state index contributed by atoms with van der Waals surface area (Å²) in [5, 5.41) is 11.4. The van der Waals surface area contributed by atoms with Gasteiger partial charge in [-0.05, 0) is 36.4 Å². The average Bonchev–Trinajstić information content (AvgIpc) is 3.16. The Bertz CT molecular complexity index is 894. The lowest BCUT2D eigenvalue weighted by Gasteiger charge is -2.07. The Morgan fingerprint density at radius 3 is 2.54 bits per heavy atom. The van der Waals surface area contributed by atoms with E-state index in [-0.39, 0.29) is 11.7 Å². The lowest BCUT2D eigenvalue weighted by molar-refractivity contribution is -0.113. The van der Waals surface area contributed by atoms with Gasteiger partial charge in [0.25, 0.3) is 0 Å². The molecule has 0 saturated heterocycles. The number of aromatic nitrogens is 3. The molecule has 1 aromatic heterocycles. The maximum absolute atomic E-state index is 12.1. The molecule has 8 heteroatoms. The first kappa shape index (κ1) is 17.7. The number of benzene rings is 2. The SMILES string of the molecule is COC(=O)c1ccc(NC(=O)CSc2nncn2-c2ccccc2)cc1. The Kier molecular flexibility index (Phi) is 5.65. The molecule has 1 N–H and O–H groups in total. The summed E-state index contributed by atoms with van der Waals surface area (Å²) in [6, 6.07) is 16.2. The zero-order valence-corrected chi connectivity index (χ0v) is 14.8. The molecule has 0 bridgehead atoms. The van der Waals surface area contributed by atoms with E-state index in [2.05, 4.69) is 20.3 Å². The minimum absolute atomic E-state index is 0.177. The molecule has 2 aromatic carbocycles. The average molecular weight is 368 g/mol. The number of methoxy groups -OCH3 is 1. The first-order chi connectivity index (χ1) is 12.7. The van der Waals surface area contributed by atoms with Crippen LogP contribution in [-0.2, 0) is 9.53 Å². The van der Waals surface area contributed by atoms with Gasteiger partial charge in [0, 0.05) is 11.4 Å². The van der Waals surface area contributed by atoms with Gasteiger partial charge in [-0.2, -0.15) is 0 Å². The molecule has 0 atom stereocenters. The Morgan fingerprint density at radius 1 is 1.12 bits per heavy atom. The summed E-state index contributed by atoms with van der Waals surface area (Å²) in [6.07, 6.45) is 1.61. The zero-order valence-electron chi connectivity index (χ0n) is 14.0. The smallest absolute Gasteiger partial charge is 0.337 e. The molecule has 0 radical (unpaired) electrons. The van der Waals surface area contributed by atoms with Crippen molar-refractivity contribution in [3.8, 4) is 5.69 Å². The number of ether oxygens (including phenoxy) is 1. The van der Waals surface area contributed by atoms with Crippen LogP contribution in [0.15, 0.2) is 66.1 Å². The van der Waals surface area contributed by atoms with Crippen molar-refractivity contribution in [2.45, 2.75) is 5.16 Å². The summed E-state index contributed by atoms with van der Waals surface area (Å²) in [4.78, 5) is 23.6. The number of thioether (sulfide) groups is 1. The molecule has 3 aromatic rings. The van der Waals surface area contributed by atoms with Crippen LogP contribution in [0.25, 0.3) is 5.69 Å². The standard InChI is InChI=1S/C18H16N4O3S/c1-25-17(24)13-7-9-14(10-8-13)20-16(23)11-26-18-21-19-12-22(18)15-5-3-2-4-6-15/h2-10,12H,11H2,1H3,(H,20,23). The van der Waals surface area contributed by atoms with E-state index in [4.69, 9.17) is 0 Å². The number of nitrogens with zero attached hydrogens (tertiary/aromatic N) is 3. The Hall–Kier alpha value is -3.13. The highest BCUT2D eigenvalue weighted by Crippen LogP contribution is 2.19. The second-order valence-electron chi connectivity index (χ2n) is 5.22. The molecule has 0 aliphatic rings. The van der Waals surface area contributed by atoms with Gasteiger partial charge < -0.3 is 10.1 Å². The third-order valence-electron chi connectivity index (χ3n) is 3.47. The van der Waals surface area contributed by atoms with Crippen molar-refractivity contribution in [3.05, 3.63) is 66.5 Å². The summed E-state index contributed by atoms with van der Waals surface area (Å²) >= 11 is 1.29. The van der Waals surface area contributed by atoms with Crippen molar-refractivity contribution in [2.24, 2.45) is 0 Å². The fraction of sp³-hybridized carbons (Fsp3) is 0.111. The molecule has 3 rings (SSSR count). The third-order valence-corrected chi connectivity index (χ3v) is 4.42. The van der Waals surface area contributed by atoms with Gasteiger partial charge in [-0.3, -0.25) is 9.36 Å². The van der Waals surface area contributed by atoms with Crippen LogP contribution in [0.2, 0.25) is 0 Å². The molecule has 0 spiro atoms. The maximum atomic E-state index is 12.1. The molecule has 0 saturated carbocycles. The largest absolute Gasteiger partial charge is 0.465 e. The van der Waals surface area contributed by atoms with Crippen molar-refractivity contribution in [3.63, 3.8) is 0 Å². The lowest BCUT2D eigenvalue weighted by Crippen LogP contribution is -2.14. The fourth-order valence-electron chi connectivity index (χ4n) is 2.22. The molecule has 0 aliphatic heterocycles. The van der Waals surface area contributed by atoms with Crippen LogP contribution < -0.4 is 5.32 Å². The van der Waals surface area contributed by atoms with E-state index in [0.29, 0.717) is 16.4 Å². The fourth-order valence-corrected chi connectivity index (χ4v) is 2.95. The molecule has 1 amide bonds. The normalized spacial score (nSPS) is 10.3. The number of amides is 1. The number of carbonyl (C=O) groups excluding carboxylic acids is 2. The van der Waals surface area contributed by atoms with Crippen molar-refractivity contribution in [2.75, 3.05) is 18.2 Å². The number of nitrogens with one attached hydrogen (secondary N) is 1. The summed E-state index contributed by atoms with van der Waals surface area (Å²) < 4.78 is 6.46. The minimum Gasteiger partial charge on any atom is -0.465 e. The number of hydrogen-bond acceptors (Lipinski definition) is 6. The highest BCUT2D eigenvalue weighted by Gasteiger charge is 2.11. The predicted octanol–water partition coefficient (Wildman–Crippen LogP) is 2.78. The van der Waals surface area contributed by atoms with Gasteiger partial charge in [0.2, 0.25) is 5.91 Å². The van der Waals surface area contributed by atoms with Crippen LogP contribution in [0.5, 0.6) is 0 Å². The molecule has 0 fully saturated rings. The maximum Gasteiger partial charge on any atom is 0.337 e. The van der Waals surface area contributed by atoms with Crippen molar-refractivity contribution in [1.82, 2.24) is 14.8 Å². The van der Waals surface area contributed by atoms with Crippen LogP contribution in [-0.4, -0.2) is 39.5 Å². The van der Waals surface area contributed by atoms with Crippen molar-refractivity contribution < 1.29 is 14.3 Å². The van der Waals surface area contributed by atoms with Gasteiger partial charge in [0.15, 0.2) is 5.16 Å². The van der Waals surface area contributed by atoms with Gasteiger partial charge in [-0.25, -0.2) is 4.79 Å². The number of rotatable bonds is 6. The Morgan fingerprint density at radius 2 is 1.85 bits per heavy atom. The van der Waals surface area contributed by atoms with E-state index in [9.17, 15) is 9.59 Å². The molecule has 0 unspecified atom stereocenters. The van der Waals surface area contributed by atoms with Gasteiger partial charge in [0.05, 0.1) is 18.4 Å².